The van der Waals surface area contributed by atoms with E-state index < -0.39 is 14.7 Å². The average Bonchev–Trinajstić information content (AvgIpc) is 1.80. The van der Waals surface area contributed by atoms with Crippen LogP contribution in [0, 0.1) is 10.1 Å². The Balaban J connectivity index is 3.92. The van der Waals surface area contributed by atoms with Crippen LogP contribution in [0.4, 0.5) is 0 Å². The summed E-state index contributed by atoms with van der Waals surface area (Å²) in [7, 11) is -3.37. The van der Waals surface area contributed by atoms with Gasteiger partial charge in [0.2, 0.25) is 5.70 Å². The van der Waals surface area contributed by atoms with Crippen LogP contribution in [0.1, 0.15) is 6.42 Å². The van der Waals surface area contributed by atoms with Gasteiger partial charge in [-0.25, -0.2) is 4.21 Å². The van der Waals surface area contributed by atoms with Crippen LogP contribution >= 0.6 is 0 Å². The highest BCUT2D eigenvalue weighted by atomic mass is 32.2. The second kappa shape index (κ2) is 3.49. The summed E-state index contributed by atoms with van der Waals surface area (Å²) >= 11 is 0. The first-order chi connectivity index (χ1) is 4.83. The second-order valence-electron chi connectivity index (χ2n) is 2.02. The van der Waals surface area contributed by atoms with Crippen molar-refractivity contribution in [2.24, 2.45) is 0 Å². The van der Waals surface area contributed by atoms with E-state index >= 15 is 0 Å². The molecule has 0 aromatic rings. The molecule has 0 bridgehead atoms. The predicted octanol–water partition coefficient (Wildman–Crippen LogP) is 0.229. The summed E-state index contributed by atoms with van der Waals surface area (Å²) in [4.78, 5) is 9.20. The van der Waals surface area contributed by atoms with Crippen molar-refractivity contribution in [1.82, 2.24) is 0 Å². The molecule has 6 heteroatoms. The minimum atomic E-state index is -3.37. The molecule has 11 heavy (non-hydrogen) atoms. The quantitative estimate of drug-likeness (QED) is 0.351. The van der Waals surface area contributed by atoms with E-state index in [4.69, 9.17) is 0 Å². The van der Waals surface area contributed by atoms with Crippen LogP contribution in [-0.2, 0) is 14.4 Å². The minimum Gasteiger partial charge on any atom is -0.259 e. The van der Waals surface area contributed by atoms with Gasteiger partial charge in [0.25, 0.3) is 0 Å². The molecule has 0 saturated carbocycles. The number of hydrogen-bond donors (Lipinski definition) is 0. The maximum atomic E-state index is 10.4. The summed E-state index contributed by atoms with van der Waals surface area (Å²) in [5.41, 5.74) is -0.308. The number of hydrogen-bond acceptors (Lipinski definition) is 3. The summed E-state index contributed by atoms with van der Waals surface area (Å²) in [6.45, 7) is 3.07. The fourth-order valence-corrected chi connectivity index (χ4v) is 0.911. The van der Waals surface area contributed by atoms with Gasteiger partial charge in [-0.3, -0.25) is 10.1 Å². The fraction of sp³-hybridized carbons (Fsp3) is 0.400. The first-order valence-electron chi connectivity index (χ1n) is 2.71. The van der Waals surface area contributed by atoms with Crippen molar-refractivity contribution in [3.63, 3.8) is 0 Å². The van der Waals surface area contributed by atoms with Crippen LogP contribution in [0.2, 0.25) is 0 Å². The van der Waals surface area contributed by atoms with E-state index in [1.807, 2.05) is 0 Å². The largest absolute Gasteiger partial charge is 0.259 e. The van der Waals surface area contributed by atoms with Crippen LogP contribution in [0.15, 0.2) is 12.3 Å². The van der Waals surface area contributed by atoms with E-state index in [2.05, 4.69) is 12.4 Å². The first kappa shape index (κ1) is 10.1. The third-order valence-corrected chi connectivity index (χ3v) is 1.79. The van der Waals surface area contributed by atoms with Crippen molar-refractivity contribution in [2.75, 3.05) is 5.75 Å². The lowest BCUT2D eigenvalue weighted by Crippen LogP contribution is -2.06. The Morgan fingerprint density at radius 2 is 2.09 bits per heavy atom. The van der Waals surface area contributed by atoms with Gasteiger partial charge in [-0.15, -0.1) is 4.55 Å². The molecule has 0 aromatic carbocycles. The van der Waals surface area contributed by atoms with Crippen molar-refractivity contribution in [1.29, 1.82) is 0 Å². The molecule has 0 N–H and O–H groups in total. The van der Waals surface area contributed by atoms with Gasteiger partial charge in [0.15, 0.2) is 0 Å². The molecule has 0 saturated heterocycles. The van der Waals surface area contributed by atoms with E-state index in [9.17, 15) is 18.9 Å². The molecule has 0 amide bonds. The molecule has 0 aliphatic rings. The zero-order valence-corrected chi connectivity index (χ0v) is 6.63. The average molecular weight is 178 g/mol. The smallest absolute Gasteiger partial charge is 0.240 e. The van der Waals surface area contributed by atoms with Crippen molar-refractivity contribution >= 4 is 15.7 Å². The highest BCUT2D eigenvalue weighted by Gasteiger charge is 2.09. The Kier molecular flexibility index (Phi) is 3.21. The summed E-state index contributed by atoms with van der Waals surface area (Å²) in [6.07, 6.45) is -0.168. The lowest BCUT2D eigenvalue weighted by molar-refractivity contribution is -0.426. The molecule has 5 nitrogen and oxygen atoms in total. The van der Waals surface area contributed by atoms with Crippen LogP contribution in [-0.4, -0.2) is 20.8 Å². The molecule has 1 unspecified atom stereocenters. The summed E-state index contributed by atoms with van der Waals surface area (Å²) in [5.74, 6) is 2.48. The molecule has 1 radical (unpaired) electrons. The second-order valence-corrected chi connectivity index (χ2v) is 3.92. The highest BCUT2D eigenvalue weighted by molar-refractivity contribution is 7.94. The number of nitro groups is 1. The molecule has 0 heterocycles. The fourth-order valence-electron chi connectivity index (χ4n) is 0.365. The van der Waals surface area contributed by atoms with Crippen molar-refractivity contribution in [2.45, 2.75) is 6.42 Å². The van der Waals surface area contributed by atoms with Gasteiger partial charge in [-0.1, -0.05) is 0 Å². The third kappa shape index (κ3) is 5.56. The Hall–Kier alpha value is -0.880. The SMILES string of the molecule is C=C(CCS(=C)([O])=O)[N+](=O)[O-]. The number of allylic oxidation sites excluding steroid dienone is 1. The highest BCUT2D eigenvalue weighted by Crippen LogP contribution is 2.00. The van der Waals surface area contributed by atoms with E-state index in [0.717, 1.165) is 0 Å². The van der Waals surface area contributed by atoms with Crippen LogP contribution in [0.3, 0.4) is 0 Å². The van der Waals surface area contributed by atoms with Gasteiger partial charge in [0, 0.05) is 0 Å². The zero-order valence-electron chi connectivity index (χ0n) is 5.82. The van der Waals surface area contributed by atoms with E-state index in [0.29, 0.717) is 0 Å². The maximum Gasteiger partial charge on any atom is 0.240 e. The maximum absolute atomic E-state index is 10.4. The monoisotopic (exact) mass is 178 g/mol. The molecule has 63 valence electrons. The summed E-state index contributed by atoms with van der Waals surface area (Å²) in [5, 5.41) is 9.91. The van der Waals surface area contributed by atoms with Crippen LogP contribution in [0.5, 0.6) is 0 Å². The third-order valence-electron chi connectivity index (χ3n) is 0.960. The Morgan fingerprint density at radius 3 is 2.36 bits per heavy atom. The van der Waals surface area contributed by atoms with Gasteiger partial charge in [-0.05, 0) is 12.4 Å². The van der Waals surface area contributed by atoms with Crippen molar-refractivity contribution < 1.29 is 13.7 Å². The lowest BCUT2D eigenvalue weighted by atomic mass is 10.4. The van der Waals surface area contributed by atoms with Crippen LogP contribution in [0.25, 0.3) is 0 Å². The molecule has 0 aliphatic carbocycles. The molecule has 0 spiro atoms. The van der Waals surface area contributed by atoms with Crippen LogP contribution < -0.4 is 0 Å². The van der Waals surface area contributed by atoms with E-state index in [1.165, 1.54) is 0 Å². The van der Waals surface area contributed by atoms with Gasteiger partial charge in [0.1, 0.15) is 9.80 Å². The van der Waals surface area contributed by atoms with E-state index in [-0.39, 0.29) is 17.9 Å². The minimum absolute atomic E-state index is 0.168. The standard InChI is InChI=1S/C5H8NO4S/c1-5(6(7)8)3-4-11(2,9)10/h1-4H2. The Labute approximate surface area is 64.7 Å². The van der Waals surface area contributed by atoms with Gasteiger partial charge < -0.3 is 0 Å². The molecular weight excluding hydrogens is 170 g/mol. The summed E-state index contributed by atoms with van der Waals surface area (Å²) in [6, 6.07) is 0. The molecule has 0 fully saturated rings. The van der Waals surface area contributed by atoms with Gasteiger partial charge in [-0.2, -0.15) is 0 Å². The zero-order chi connectivity index (χ0) is 9.07. The molecule has 0 aromatic heterocycles. The normalized spacial score (nSPS) is 15.4. The molecular formula is C5H8NO4S. The Morgan fingerprint density at radius 1 is 1.64 bits per heavy atom. The van der Waals surface area contributed by atoms with Gasteiger partial charge >= 0.3 is 0 Å². The van der Waals surface area contributed by atoms with Crippen molar-refractivity contribution in [3.05, 3.63) is 22.4 Å². The topological polar surface area (TPSA) is 80.1 Å². The number of nitrogens with zero attached hydrogens (tertiary/aromatic N) is 1. The predicted molar refractivity (Wildman–Crippen MR) is 41.6 cm³/mol. The number of rotatable bonds is 4. The Bertz CT molecular complexity index is 266. The van der Waals surface area contributed by atoms with Gasteiger partial charge in [0.05, 0.1) is 17.1 Å². The molecule has 0 aliphatic heterocycles. The van der Waals surface area contributed by atoms with Crippen molar-refractivity contribution in [3.8, 4) is 0 Å². The lowest BCUT2D eigenvalue weighted by Gasteiger charge is -1.95. The summed E-state index contributed by atoms with van der Waals surface area (Å²) < 4.78 is 20.8. The first-order valence-corrected chi connectivity index (χ1v) is 4.53. The molecule has 0 rings (SSSR count). The molecule has 1 atom stereocenters. The van der Waals surface area contributed by atoms with E-state index in [1.54, 1.807) is 0 Å².